The van der Waals surface area contributed by atoms with E-state index in [1.54, 1.807) is 37.3 Å². The minimum Gasteiger partial charge on any atom is -0.508 e. The molecule has 31 heavy (non-hydrogen) atoms. The molecule has 0 bridgehead atoms. The quantitative estimate of drug-likeness (QED) is 0.236. The first-order valence-corrected chi connectivity index (χ1v) is 9.20. The van der Waals surface area contributed by atoms with Gasteiger partial charge >= 0.3 is 6.18 Å². The Balaban J connectivity index is 2.42. The number of rotatable bonds is 5. The van der Waals surface area contributed by atoms with Crippen molar-refractivity contribution in [2.75, 3.05) is 11.1 Å². The number of para-hydroxylation sites is 1. The van der Waals surface area contributed by atoms with Crippen molar-refractivity contribution in [3.8, 4) is 18.1 Å². The lowest BCUT2D eigenvalue weighted by Crippen LogP contribution is -2.28. The van der Waals surface area contributed by atoms with E-state index in [-0.39, 0.29) is 23.4 Å². The Morgan fingerprint density at radius 3 is 2.23 bits per heavy atom. The maximum Gasteiger partial charge on any atom is 0.418 e. The third-order valence-electron chi connectivity index (χ3n) is 5.34. The molecule has 7 heteroatoms. The van der Waals surface area contributed by atoms with Crippen LogP contribution < -0.4 is 11.1 Å². The van der Waals surface area contributed by atoms with E-state index < -0.39 is 17.2 Å². The molecule has 4 N–H and O–H groups in total. The summed E-state index contributed by atoms with van der Waals surface area (Å²) in [6.07, 6.45) is 1.07. The first kappa shape index (κ1) is 21.8. The van der Waals surface area contributed by atoms with Crippen molar-refractivity contribution < 1.29 is 23.1 Å². The van der Waals surface area contributed by atoms with Crippen LogP contribution in [0, 0.1) is 12.3 Å². The molecular weight excluding hydrogens is 405 g/mol. The Bertz CT molecular complexity index is 1160. The molecule has 3 aromatic carbocycles. The summed E-state index contributed by atoms with van der Waals surface area (Å²) in [6.45, 7) is 1.72. The van der Waals surface area contributed by atoms with E-state index in [1.165, 1.54) is 24.3 Å². The average Bonchev–Trinajstić information content (AvgIpc) is 2.73. The number of carbonyl (C=O) groups excluding carboxylic acids is 1. The Kier molecular flexibility index (Phi) is 5.67. The number of anilines is 2. The molecule has 158 valence electrons. The second-order valence-electron chi connectivity index (χ2n) is 7.11. The largest absolute Gasteiger partial charge is 0.508 e. The van der Waals surface area contributed by atoms with E-state index in [0.29, 0.717) is 22.4 Å². The number of phenols is 1. The number of nitrogens with two attached hydrogens (primary N) is 1. The summed E-state index contributed by atoms with van der Waals surface area (Å²) < 4.78 is 41.2. The van der Waals surface area contributed by atoms with Gasteiger partial charge in [-0.05, 0) is 53.9 Å². The SMILES string of the molecule is C#Cc1cc(C(C)(c2ccc(O)cc2)c2cccc(C(F)(F)F)c2NC=O)ccc1N. The van der Waals surface area contributed by atoms with Crippen LogP contribution in [-0.2, 0) is 16.4 Å². The third kappa shape index (κ3) is 3.92. The number of phenolic OH excluding ortho intramolecular Hbond substituents is 1. The van der Waals surface area contributed by atoms with Crippen molar-refractivity contribution in [2.24, 2.45) is 0 Å². The van der Waals surface area contributed by atoms with Gasteiger partial charge in [0.25, 0.3) is 0 Å². The summed E-state index contributed by atoms with van der Waals surface area (Å²) in [5.41, 5.74) is 5.48. The van der Waals surface area contributed by atoms with Gasteiger partial charge in [-0.2, -0.15) is 13.2 Å². The molecule has 0 aliphatic rings. The number of carbonyl (C=O) groups is 1. The van der Waals surface area contributed by atoms with Crippen LogP contribution >= 0.6 is 0 Å². The molecular formula is C24H19F3N2O2. The number of nitrogen functional groups attached to an aromatic ring is 1. The van der Waals surface area contributed by atoms with Gasteiger partial charge in [0, 0.05) is 16.7 Å². The van der Waals surface area contributed by atoms with Gasteiger partial charge in [0.05, 0.1) is 11.3 Å². The maximum absolute atomic E-state index is 13.7. The number of amides is 1. The van der Waals surface area contributed by atoms with Crippen molar-refractivity contribution >= 4 is 17.8 Å². The Hall–Kier alpha value is -3.92. The van der Waals surface area contributed by atoms with E-state index >= 15 is 0 Å². The standard InChI is InChI=1S/C24H19F3N2O2/c1-3-15-13-17(9-12-21(15)28)23(2,16-7-10-18(31)11-8-16)19-5-4-6-20(24(25,26)27)22(19)29-14-30/h1,4-14,31H,28H2,2H3,(H,29,30). The van der Waals surface area contributed by atoms with Gasteiger partial charge in [-0.15, -0.1) is 6.42 Å². The number of alkyl halides is 3. The topological polar surface area (TPSA) is 75.3 Å². The van der Waals surface area contributed by atoms with Crippen LogP contribution in [0.1, 0.15) is 34.7 Å². The van der Waals surface area contributed by atoms with Crippen molar-refractivity contribution in [3.63, 3.8) is 0 Å². The number of terminal acetylenes is 1. The van der Waals surface area contributed by atoms with Crippen molar-refractivity contribution in [1.82, 2.24) is 0 Å². The van der Waals surface area contributed by atoms with Gasteiger partial charge in [0.1, 0.15) is 5.75 Å². The average molecular weight is 424 g/mol. The van der Waals surface area contributed by atoms with Crippen LogP contribution in [0.5, 0.6) is 5.75 Å². The normalized spacial score (nSPS) is 13.1. The molecule has 0 saturated carbocycles. The lowest BCUT2D eigenvalue weighted by Gasteiger charge is -2.34. The molecule has 1 unspecified atom stereocenters. The lowest BCUT2D eigenvalue weighted by molar-refractivity contribution is -0.137. The maximum atomic E-state index is 13.7. The predicted molar refractivity (Wildman–Crippen MR) is 114 cm³/mol. The van der Waals surface area contributed by atoms with Gasteiger partial charge < -0.3 is 16.2 Å². The van der Waals surface area contributed by atoms with Crippen LogP contribution in [0.25, 0.3) is 0 Å². The van der Waals surface area contributed by atoms with E-state index in [0.717, 1.165) is 6.07 Å². The first-order chi connectivity index (χ1) is 14.6. The van der Waals surface area contributed by atoms with E-state index in [1.807, 2.05) is 0 Å². The fourth-order valence-corrected chi connectivity index (χ4v) is 3.68. The zero-order chi connectivity index (χ0) is 22.8. The van der Waals surface area contributed by atoms with Gasteiger partial charge in [0.2, 0.25) is 6.41 Å². The van der Waals surface area contributed by atoms with Gasteiger partial charge in [-0.1, -0.05) is 36.3 Å². The second-order valence-corrected chi connectivity index (χ2v) is 7.11. The zero-order valence-electron chi connectivity index (χ0n) is 16.5. The highest BCUT2D eigenvalue weighted by Gasteiger charge is 2.40. The van der Waals surface area contributed by atoms with Crippen LogP contribution in [0.4, 0.5) is 24.5 Å². The molecule has 0 aliphatic heterocycles. The molecule has 1 atom stereocenters. The summed E-state index contributed by atoms with van der Waals surface area (Å²) in [7, 11) is 0. The summed E-state index contributed by atoms with van der Waals surface area (Å²) >= 11 is 0. The number of hydrogen-bond acceptors (Lipinski definition) is 3. The van der Waals surface area contributed by atoms with Gasteiger partial charge in [0.15, 0.2) is 0 Å². The summed E-state index contributed by atoms with van der Waals surface area (Å²) in [4.78, 5) is 11.2. The van der Waals surface area contributed by atoms with Crippen LogP contribution in [0.2, 0.25) is 0 Å². The second kappa shape index (κ2) is 8.07. The summed E-state index contributed by atoms with van der Waals surface area (Å²) in [5, 5.41) is 12.0. The van der Waals surface area contributed by atoms with Gasteiger partial charge in [-0.3, -0.25) is 4.79 Å². The number of hydrogen-bond donors (Lipinski definition) is 3. The van der Waals surface area contributed by atoms with Crippen LogP contribution in [0.3, 0.4) is 0 Å². The molecule has 0 aromatic heterocycles. The summed E-state index contributed by atoms with van der Waals surface area (Å²) in [6, 6.07) is 14.7. The molecule has 0 saturated heterocycles. The van der Waals surface area contributed by atoms with Crippen LogP contribution in [-0.4, -0.2) is 11.5 Å². The molecule has 4 nitrogen and oxygen atoms in total. The monoisotopic (exact) mass is 424 g/mol. The van der Waals surface area contributed by atoms with Crippen molar-refractivity contribution in [3.05, 3.63) is 88.5 Å². The highest BCUT2D eigenvalue weighted by molar-refractivity contribution is 5.79. The fraction of sp³-hybridized carbons (Fsp3) is 0.125. The third-order valence-corrected chi connectivity index (χ3v) is 5.34. The Morgan fingerprint density at radius 2 is 1.65 bits per heavy atom. The lowest BCUT2D eigenvalue weighted by atomic mass is 9.69. The molecule has 0 heterocycles. The Labute approximate surface area is 177 Å². The van der Waals surface area contributed by atoms with Gasteiger partial charge in [-0.25, -0.2) is 0 Å². The highest BCUT2D eigenvalue weighted by Crippen LogP contribution is 2.46. The minimum atomic E-state index is -4.69. The fourth-order valence-electron chi connectivity index (χ4n) is 3.68. The van der Waals surface area contributed by atoms with E-state index in [9.17, 15) is 23.1 Å². The number of benzene rings is 3. The molecule has 0 fully saturated rings. The van der Waals surface area contributed by atoms with Crippen molar-refractivity contribution in [1.29, 1.82) is 0 Å². The molecule has 0 aliphatic carbocycles. The van der Waals surface area contributed by atoms with Crippen molar-refractivity contribution in [2.45, 2.75) is 18.5 Å². The zero-order valence-corrected chi connectivity index (χ0v) is 16.5. The molecule has 0 spiro atoms. The summed E-state index contributed by atoms with van der Waals surface area (Å²) in [5.74, 6) is 2.48. The van der Waals surface area contributed by atoms with E-state index in [4.69, 9.17) is 12.2 Å². The molecule has 3 aromatic rings. The van der Waals surface area contributed by atoms with E-state index in [2.05, 4.69) is 11.2 Å². The first-order valence-electron chi connectivity index (χ1n) is 9.20. The number of aromatic hydroxyl groups is 1. The molecule has 3 rings (SSSR count). The smallest absolute Gasteiger partial charge is 0.418 e. The number of nitrogens with one attached hydrogen (secondary N) is 1. The van der Waals surface area contributed by atoms with Crippen LogP contribution in [0.15, 0.2) is 60.7 Å². The molecule has 0 radical (unpaired) electrons. The molecule has 1 amide bonds. The minimum absolute atomic E-state index is 0.00278. The Morgan fingerprint density at radius 1 is 1.03 bits per heavy atom. The predicted octanol–water partition coefficient (Wildman–Crippen LogP) is 4.90. The number of halogens is 3. The highest BCUT2D eigenvalue weighted by atomic mass is 19.4.